The Kier molecular flexibility index (Phi) is 3.47. The normalized spacial score (nSPS) is 24.4. The summed E-state index contributed by atoms with van der Waals surface area (Å²) in [5, 5.41) is 2.65. The van der Waals surface area contributed by atoms with Gasteiger partial charge in [-0.2, -0.15) is 0 Å². The highest BCUT2D eigenvalue weighted by Crippen LogP contribution is 2.45. The van der Waals surface area contributed by atoms with Crippen molar-refractivity contribution in [2.75, 3.05) is 11.9 Å². The first-order chi connectivity index (χ1) is 10.0. The maximum absolute atomic E-state index is 12.2. The number of rotatable bonds is 2. The molecule has 1 fully saturated rings. The Hall–Kier alpha value is -1.84. The fourth-order valence-electron chi connectivity index (χ4n) is 3.65. The Morgan fingerprint density at radius 1 is 1.29 bits per heavy atom. The van der Waals surface area contributed by atoms with E-state index in [-0.39, 0.29) is 11.8 Å². The molecule has 1 unspecified atom stereocenters. The SMILES string of the molecule is CNC(=O)c1ccc2c(c1)CC(C)[C@H](C1CC1)N2C(C)=O. The lowest BCUT2D eigenvalue weighted by Gasteiger charge is -2.41. The molecule has 3 rings (SSSR count). The second-order valence-electron chi connectivity index (χ2n) is 6.32. The predicted molar refractivity (Wildman–Crippen MR) is 82.4 cm³/mol. The van der Waals surface area contributed by atoms with E-state index in [4.69, 9.17) is 0 Å². The third-order valence-electron chi connectivity index (χ3n) is 4.70. The van der Waals surface area contributed by atoms with Crippen LogP contribution in [0.1, 0.15) is 42.6 Å². The van der Waals surface area contributed by atoms with Gasteiger partial charge in [-0.3, -0.25) is 9.59 Å². The average molecular weight is 286 g/mol. The van der Waals surface area contributed by atoms with Crippen LogP contribution in [0, 0.1) is 11.8 Å². The Balaban J connectivity index is 2.03. The van der Waals surface area contributed by atoms with Gasteiger partial charge in [0.15, 0.2) is 0 Å². The van der Waals surface area contributed by atoms with Crippen LogP contribution in [0.2, 0.25) is 0 Å². The minimum atomic E-state index is -0.0795. The minimum absolute atomic E-state index is 0.0795. The molecule has 1 aromatic carbocycles. The number of hydrogen-bond acceptors (Lipinski definition) is 2. The van der Waals surface area contributed by atoms with Gasteiger partial charge < -0.3 is 10.2 Å². The van der Waals surface area contributed by atoms with Crippen LogP contribution in [-0.2, 0) is 11.2 Å². The molecular weight excluding hydrogens is 264 g/mol. The maximum Gasteiger partial charge on any atom is 0.251 e. The standard InChI is InChI=1S/C17H22N2O2/c1-10-8-14-9-13(17(21)18-3)6-7-15(14)19(11(2)20)16(10)12-4-5-12/h6-7,9-10,12,16H,4-5,8H2,1-3H3,(H,18,21)/t10?,16-/m1/s1. The van der Waals surface area contributed by atoms with Crippen molar-refractivity contribution in [1.82, 2.24) is 5.32 Å². The van der Waals surface area contributed by atoms with E-state index < -0.39 is 0 Å². The zero-order chi connectivity index (χ0) is 15.1. The Morgan fingerprint density at radius 2 is 2.00 bits per heavy atom. The van der Waals surface area contributed by atoms with E-state index >= 15 is 0 Å². The highest BCUT2D eigenvalue weighted by Gasteiger charge is 2.43. The molecule has 21 heavy (non-hydrogen) atoms. The second-order valence-corrected chi connectivity index (χ2v) is 6.32. The molecule has 1 aliphatic heterocycles. The number of fused-ring (bicyclic) bond motifs is 1. The number of nitrogens with one attached hydrogen (secondary N) is 1. The zero-order valence-electron chi connectivity index (χ0n) is 12.8. The van der Waals surface area contributed by atoms with Crippen LogP contribution in [0.4, 0.5) is 5.69 Å². The van der Waals surface area contributed by atoms with Crippen LogP contribution in [0.15, 0.2) is 18.2 Å². The second kappa shape index (κ2) is 5.17. The summed E-state index contributed by atoms with van der Waals surface area (Å²) in [6.45, 7) is 3.86. The van der Waals surface area contributed by atoms with E-state index in [0.29, 0.717) is 23.4 Å². The lowest BCUT2D eigenvalue weighted by atomic mass is 9.83. The Labute approximate surface area is 125 Å². The van der Waals surface area contributed by atoms with E-state index in [1.165, 1.54) is 12.8 Å². The summed E-state index contributed by atoms with van der Waals surface area (Å²) in [5.41, 5.74) is 2.76. The van der Waals surface area contributed by atoms with Crippen LogP contribution in [0.3, 0.4) is 0 Å². The van der Waals surface area contributed by atoms with E-state index in [1.807, 2.05) is 23.1 Å². The Morgan fingerprint density at radius 3 is 2.57 bits per heavy atom. The summed E-state index contributed by atoms with van der Waals surface area (Å²) in [6.07, 6.45) is 3.39. The van der Waals surface area contributed by atoms with Gasteiger partial charge in [0.1, 0.15) is 0 Å². The molecule has 112 valence electrons. The van der Waals surface area contributed by atoms with Gasteiger partial charge in [0.05, 0.1) is 0 Å². The summed E-state index contributed by atoms with van der Waals surface area (Å²) >= 11 is 0. The van der Waals surface area contributed by atoms with Crippen molar-refractivity contribution in [3.05, 3.63) is 29.3 Å². The molecule has 0 saturated heterocycles. The van der Waals surface area contributed by atoms with Crippen LogP contribution >= 0.6 is 0 Å². The molecule has 2 atom stereocenters. The molecule has 1 aromatic rings. The first-order valence-corrected chi connectivity index (χ1v) is 7.67. The monoisotopic (exact) mass is 286 g/mol. The van der Waals surface area contributed by atoms with Crippen LogP contribution in [0.5, 0.6) is 0 Å². The first kappa shape index (κ1) is 14.1. The van der Waals surface area contributed by atoms with E-state index in [1.54, 1.807) is 14.0 Å². The molecule has 0 aromatic heterocycles. The first-order valence-electron chi connectivity index (χ1n) is 7.67. The number of nitrogens with zero attached hydrogens (tertiary/aromatic N) is 1. The van der Waals surface area contributed by atoms with Crippen molar-refractivity contribution in [1.29, 1.82) is 0 Å². The van der Waals surface area contributed by atoms with Crippen LogP contribution < -0.4 is 10.2 Å². The van der Waals surface area contributed by atoms with Gasteiger partial charge in [-0.1, -0.05) is 6.92 Å². The summed E-state index contributed by atoms with van der Waals surface area (Å²) in [4.78, 5) is 25.9. The lowest BCUT2D eigenvalue weighted by molar-refractivity contribution is -0.117. The molecule has 2 aliphatic rings. The molecule has 0 radical (unpaired) electrons. The molecule has 1 saturated carbocycles. The third kappa shape index (κ3) is 2.43. The van der Waals surface area contributed by atoms with Gasteiger partial charge in [-0.05, 0) is 54.9 Å². The molecular formula is C17H22N2O2. The molecule has 1 aliphatic carbocycles. The average Bonchev–Trinajstić information content (AvgIpc) is 3.28. The van der Waals surface area contributed by atoms with Crippen molar-refractivity contribution < 1.29 is 9.59 Å². The topological polar surface area (TPSA) is 49.4 Å². The molecule has 0 bridgehead atoms. The number of anilines is 1. The predicted octanol–water partition coefficient (Wildman–Crippen LogP) is 2.37. The van der Waals surface area contributed by atoms with Gasteiger partial charge in [0.25, 0.3) is 5.91 Å². The quantitative estimate of drug-likeness (QED) is 0.907. The van der Waals surface area contributed by atoms with E-state index in [9.17, 15) is 9.59 Å². The highest BCUT2D eigenvalue weighted by molar-refractivity contribution is 5.97. The van der Waals surface area contributed by atoms with Gasteiger partial charge >= 0.3 is 0 Å². The van der Waals surface area contributed by atoms with Crippen LogP contribution in [0.25, 0.3) is 0 Å². The number of carbonyl (C=O) groups is 2. The number of carbonyl (C=O) groups excluding carboxylic acids is 2. The minimum Gasteiger partial charge on any atom is -0.355 e. The number of benzene rings is 1. The Bertz CT molecular complexity index is 592. The van der Waals surface area contributed by atoms with Gasteiger partial charge in [0.2, 0.25) is 5.91 Å². The van der Waals surface area contributed by atoms with Crippen molar-refractivity contribution in [3.8, 4) is 0 Å². The molecule has 0 spiro atoms. The molecule has 4 heteroatoms. The number of hydrogen-bond donors (Lipinski definition) is 1. The van der Waals surface area contributed by atoms with Crippen molar-refractivity contribution in [2.24, 2.45) is 11.8 Å². The fraction of sp³-hybridized carbons (Fsp3) is 0.529. The van der Waals surface area contributed by atoms with Crippen molar-refractivity contribution in [3.63, 3.8) is 0 Å². The van der Waals surface area contributed by atoms with Crippen LogP contribution in [-0.4, -0.2) is 24.9 Å². The van der Waals surface area contributed by atoms with Gasteiger partial charge in [-0.25, -0.2) is 0 Å². The molecule has 1 N–H and O–H groups in total. The van der Waals surface area contributed by atoms with Gasteiger partial charge in [-0.15, -0.1) is 0 Å². The summed E-state index contributed by atoms with van der Waals surface area (Å²) in [7, 11) is 1.63. The highest BCUT2D eigenvalue weighted by atomic mass is 16.2. The lowest BCUT2D eigenvalue weighted by Crippen LogP contribution is -2.48. The largest absolute Gasteiger partial charge is 0.355 e. The van der Waals surface area contributed by atoms with Crippen molar-refractivity contribution in [2.45, 2.75) is 39.2 Å². The molecule has 4 nitrogen and oxygen atoms in total. The molecule has 1 heterocycles. The van der Waals surface area contributed by atoms with E-state index in [2.05, 4.69) is 12.2 Å². The summed E-state index contributed by atoms with van der Waals surface area (Å²) in [5.74, 6) is 1.11. The van der Waals surface area contributed by atoms with Gasteiger partial charge in [0, 0.05) is 31.3 Å². The zero-order valence-corrected chi connectivity index (χ0v) is 12.8. The summed E-state index contributed by atoms with van der Waals surface area (Å²) < 4.78 is 0. The fourth-order valence-corrected chi connectivity index (χ4v) is 3.65. The summed E-state index contributed by atoms with van der Waals surface area (Å²) in [6, 6.07) is 6.00. The van der Waals surface area contributed by atoms with Crippen molar-refractivity contribution >= 4 is 17.5 Å². The van der Waals surface area contributed by atoms with E-state index in [0.717, 1.165) is 17.7 Å². The smallest absolute Gasteiger partial charge is 0.251 e. The third-order valence-corrected chi connectivity index (χ3v) is 4.70. The maximum atomic E-state index is 12.2. The molecule has 2 amide bonds. The number of amides is 2.